The van der Waals surface area contributed by atoms with Crippen LogP contribution in [0.1, 0.15) is 0 Å². The number of hydrogen-bond acceptors (Lipinski definition) is 3. The second-order valence-corrected chi connectivity index (χ2v) is 5.38. The van der Waals surface area contributed by atoms with Crippen LogP contribution < -0.4 is 4.74 Å². The minimum Gasteiger partial charge on any atom is -0.577 e. The fraction of sp³-hybridized carbons (Fsp3) is 0.0769. The van der Waals surface area contributed by atoms with E-state index in [-0.39, 0.29) is 0 Å². The van der Waals surface area contributed by atoms with E-state index in [1.807, 2.05) is 30.3 Å². The molecule has 18 heavy (non-hydrogen) atoms. The summed E-state index contributed by atoms with van der Waals surface area (Å²) in [5.41, 5.74) is 0.387. The number of hydrogen-bond donors (Lipinski definition) is 0. The van der Waals surface area contributed by atoms with Gasteiger partial charge >= 0.3 is 0 Å². The predicted octanol–water partition coefficient (Wildman–Crippen LogP) is 3.44. The number of rotatable bonds is 4. The summed E-state index contributed by atoms with van der Waals surface area (Å²) in [6, 6.07) is 15.9. The van der Waals surface area contributed by atoms with Crippen molar-refractivity contribution in [2.24, 2.45) is 0 Å². The molecule has 0 saturated carbocycles. The normalized spacial score (nSPS) is 10.9. The van der Waals surface area contributed by atoms with Crippen molar-refractivity contribution in [2.45, 2.75) is 0 Å². The second-order valence-electron chi connectivity index (χ2n) is 3.73. The maximum absolute atomic E-state index is 11.0. The fourth-order valence-electron chi connectivity index (χ4n) is 1.39. The molecule has 0 spiro atoms. The molecule has 0 unspecified atom stereocenters. The SMILES string of the molecule is CS(=O)(=O)[N-]c1ccc(Oc2ccccc2)cc1. The summed E-state index contributed by atoms with van der Waals surface area (Å²) in [5, 5.41) is 0. The molecule has 0 aliphatic rings. The van der Waals surface area contributed by atoms with E-state index in [2.05, 4.69) is 4.72 Å². The van der Waals surface area contributed by atoms with Crippen LogP contribution in [0, 0.1) is 0 Å². The molecule has 0 saturated heterocycles. The van der Waals surface area contributed by atoms with Gasteiger partial charge in [0.05, 0.1) is 10.0 Å². The summed E-state index contributed by atoms with van der Waals surface area (Å²) in [4.78, 5) is 0. The van der Waals surface area contributed by atoms with E-state index in [1.165, 1.54) is 0 Å². The zero-order valence-electron chi connectivity index (χ0n) is 9.78. The van der Waals surface area contributed by atoms with Gasteiger partial charge in [0.15, 0.2) is 0 Å². The fourth-order valence-corrected chi connectivity index (χ4v) is 1.90. The molecule has 0 fully saturated rings. The molecule has 0 amide bonds. The summed E-state index contributed by atoms with van der Waals surface area (Å²) in [6.07, 6.45) is 1.06. The maximum Gasteiger partial charge on any atom is 0.127 e. The average Bonchev–Trinajstić information content (AvgIpc) is 2.31. The van der Waals surface area contributed by atoms with Gasteiger partial charge in [0.2, 0.25) is 0 Å². The molecule has 2 rings (SSSR count). The van der Waals surface area contributed by atoms with E-state index in [4.69, 9.17) is 4.74 Å². The van der Waals surface area contributed by atoms with Crippen molar-refractivity contribution in [3.05, 3.63) is 59.3 Å². The van der Waals surface area contributed by atoms with E-state index >= 15 is 0 Å². The average molecular weight is 262 g/mol. The van der Waals surface area contributed by atoms with Crippen LogP contribution in [0.25, 0.3) is 4.72 Å². The smallest absolute Gasteiger partial charge is 0.127 e. The highest BCUT2D eigenvalue weighted by molar-refractivity contribution is 7.93. The van der Waals surface area contributed by atoms with Gasteiger partial charge in [-0.1, -0.05) is 30.3 Å². The molecule has 94 valence electrons. The number of nitrogens with zero attached hydrogens (tertiary/aromatic N) is 1. The summed E-state index contributed by atoms with van der Waals surface area (Å²) in [7, 11) is -3.36. The minimum absolute atomic E-state index is 0.387. The Morgan fingerprint density at radius 1 is 0.889 bits per heavy atom. The van der Waals surface area contributed by atoms with Gasteiger partial charge in [0, 0.05) is 6.26 Å². The molecule has 0 atom stereocenters. The third-order valence-corrected chi connectivity index (χ3v) is 2.63. The van der Waals surface area contributed by atoms with E-state index in [0.29, 0.717) is 11.4 Å². The molecule has 4 nitrogen and oxygen atoms in total. The topological polar surface area (TPSA) is 57.5 Å². The molecule has 5 heteroatoms. The van der Waals surface area contributed by atoms with Crippen LogP contribution in [0.3, 0.4) is 0 Å². The van der Waals surface area contributed by atoms with Crippen molar-refractivity contribution < 1.29 is 13.2 Å². The number of ether oxygens (including phenoxy) is 1. The Morgan fingerprint density at radius 3 is 2.00 bits per heavy atom. The van der Waals surface area contributed by atoms with Crippen molar-refractivity contribution in [1.29, 1.82) is 0 Å². The number of para-hydroxylation sites is 1. The summed E-state index contributed by atoms with van der Waals surface area (Å²) in [5.74, 6) is 1.36. The molecule has 0 aliphatic carbocycles. The van der Waals surface area contributed by atoms with Crippen molar-refractivity contribution in [2.75, 3.05) is 6.26 Å². The van der Waals surface area contributed by atoms with Gasteiger partial charge < -0.3 is 9.46 Å². The highest BCUT2D eigenvalue weighted by Crippen LogP contribution is 2.27. The first kappa shape index (κ1) is 12.4. The predicted molar refractivity (Wildman–Crippen MR) is 70.8 cm³/mol. The highest BCUT2D eigenvalue weighted by Gasteiger charge is 1.95. The van der Waals surface area contributed by atoms with Crippen LogP contribution >= 0.6 is 0 Å². The largest absolute Gasteiger partial charge is 0.577 e. The Labute approximate surface area is 106 Å². The molecule has 0 aromatic heterocycles. The summed E-state index contributed by atoms with van der Waals surface area (Å²) in [6.45, 7) is 0. The van der Waals surface area contributed by atoms with Gasteiger partial charge in [-0.2, -0.15) is 0 Å². The van der Waals surface area contributed by atoms with Crippen molar-refractivity contribution in [1.82, 2.24) is 0 Å². The molecule has 0 N–H and O–H groups in total. The van der Waals surface area contributed by atoms with Crippen LogP contribution in [0.4, 0.5) is 5.69 Å². The van der Waals surface area contributed by atoms with E-state index in [1.54, 1.807) is 24.3 Å². The molecule has 0 aliphatic heterocycles. The zero-order valence-corrected chi connectivity index (χ0v) is 10.6. The van der Waals surface area contributed by atoms with Crippen LogP contribution in [0.5, 0.6) is 11.5 Å². The Morgan fingerprint density at radius 2 is 1.44 bits per heavy atom. The van der Waals surface area contributed by atoms with Gasteiger partial charge in [0.25, 0.3) is 0 Å². The van der Waals surface area contributed by atoms with E-state index in [0.717, 1.165) is 12.0 Å². The molecule has 0 bridgehead atoms. The summed E-state index contributed by atoms with van der Waals surface area (Å²) < 4.78 is 31.1. The highest BCUT2D eigenvalue weighted by atomic mass is 32.2. The Bertz CT molecular complexity index is 606. The van der Waals surface area contributed by atoms with Gasteiger partial charge in [-0.3, -0.25) is 0 Å². The van der Waals surface area contributed by atoms with E-state index in [9.17, 15) is 8.42 Å². The first-order valence-electron chi connectivity index (χ1n) is 5.29. The van der Waals surface area contributed by atoms with Crippen molar-refractivity contribution >= 4 is 15.7 Å². The molecule has 2 aromatic rings. The molecular formula is C13H12NO3S-. The monoisotopic (exact) mass is 262 g/mol. The Hall–Kier alpha value is -2.01. The first-order chi connectivity index (χ1) is 8.53. The zero-order chi connectivity index (χ0) is 13.0. The lowest BCUT2D eigenvalue weighted by Crippen LogP contribution is -1.90. The third kappa shape index (κ3) is 3.78. The molecule has 0 heterocycles. The lowest BCUT2D eigenvalue weighted by molar-refractivity contribution is 0.483. The first-order valence-corrected chi connectivity index (χ1v) is 7.14. The number of benzene rings is 2. The maximum atomic E-state index is 11.0. The summed E-state index contributed by atoms with van der Waals surface area (Å²) >= 11 is 0. The minimum atomic E-state index is -3.36. The van der Waals surface area contributed by atoms with Crippen molar-refractivity contribution in [3.8, 4) is 11.5 Å². The van der Waals surface area contributed by atoms with Gasteiger partial charge in [-0.05, 0) is 24.3 Å². The standard InChI is InChI=1S/C13H12NO3S/c1-18(15,16)14-11-7-9-13(10-8-11)17-12-5-3-2-4-6-12/h2-10H,1H3/q-1. The van der Waals surface area contributed by atoms with Crippen LogP contribution in [0.15, 0.2) is 54.6 Å². The second kappa shape index (κ2) is 5.10. The van der Waals surface area contributed by atoms with Crippen molar-refractivity contribution in [3.63, 3.8) is 0 Å². The Balaban J connectivity index is 2.09. The van der Waals surface area contributed by atoms with Gasteiger partial charge in [0.1, 0.15) is 11.5 Å². The van der Waals surface area contributed by atoms with Crippen LogP contribution in [0.2, 0.25) is 0 Å². The van der Waals surface area contributed by atoms with E-state index < -0.39 is 10.0 Å². The molecule has 0 radical (unpaired) electrons. The molecular weight excluding hydrogens is 250 g/mol. The molecule has 2 aromatic carbocycles. The van der Waals surface area contributed by atoms with Gasteiger partial charge in [-0.15, -0.1) is 5.69 Å². The van der Waals surface area contributed by atoms with Gasteiger partial charge in [-0.25, -0.2) is 8.42 Å². The van der Waals surface area contributed by atoms with Crippen LogP contribution in [-0.4, -0.2) is 14.7 Å². The quantitative estimate of drug-likeness (QED) is 0.848. The Kier molecular flexibility index (Phi) is 3.53. The lowest BCUT2D eigenvalue weighted by Gasteiger charge is -2.18. The third-order valence-electron chi connectivity index (χ3n) is 2.09. The number of sulfonamides is 1. The lowest BCUT2D eigenvalue weighted by atomic mass is 10.3. The van der Waals surface area contributed by atoms with Crippen LogP contribution in [-0.2, 0) is 10.0 Å².